The maximum Gasteiger partial charge on any atom is 0.229 e. The molecular weight excluding hydrogens is 457 g/mol. The Hall–Kier alpha value is -2.93. The summed E-state index contributed by atoms with van der Waals surface area (Å²) in [7, 11) is 3.96. The Morgan fingerprint density at radius 2 is 1.82 bits per heavy atom. The van der Waals surface area contributed by atoms with Gasteiger partial charge in [-0.15, -0.1) is 0 Å². The molecule has 5 rings (SSSR count). The van der Waals surface area contributed by atoms with Gasteiger partial charge in [0, 0.05) is 48.3 Å². The molecule has 0 unspecified atom stereocenters. The molecule has 33 heavy (non-hydrogen) atoms. The van der Waals surface area contributed by atoms with Gasteiger partial charge in [-0.05, 0) is 56.3 Å². The summed E-state index contributed by atoms with van der Waals surface area (Å²) in [6, 6.07) is 11.5. The third-order valence-electron chi connectivity index (χ3n) is 6.53. The lowest BCUT2D eigenvalue weighted by Crippen LogP contribution is -2.31. The molecule has 3 heterocycles. The van der Waals surface area contributed by atoms with Crippen molar-refractivity contribution < 1.29 is 0 Å². The molecule has 0 spiro atoms. The standard InChI is InChI=1S/C25H23Cl2N5O/c1-25(2)18-9-8-15(10-14(18)12-32(25)4)29-24-28-11-16-22(33)17(13-31(3)23(16)30-24)21-19(26)6-5-7-20(21)27/h5-11,13H,12H2,1-4H3,(H,28,29,30). The minimum atomic E-state index is -0.215. The summed E-state index contributed by atoms with van der Waals surface area (Å²) in [6.45, 7) is 5.34. The average Bonchev–Trinajstić information content (AvgIpc) is 2.99. The van der Waals surface area contributed by atoms with Crippen molar-refractivity contribution in [1.29, 1.82) is 0 Å². The predicted molar refractivity (Wildman–Crippen MR) is 134 cm³/mol. The van der Waals surface area contributed by atoms with Crippen molar-refractivity contribution in [3.8, 4) is 11.1 Å². The van der Waals surface area contributed by atoms with E-state index in [-0.39, 0.29) is 11.0 Å². The van der Waals surface area contributed by atoms with E-state index in [1.807, 2.05) is 13.1 Å². The molecule has 1 N–H and O–H groups in total. The van der Waals surface area contributed by atoms with Crippen LogP contribution >= 0.6 is 23.2 Å². The van der Waals surface area contributed by atoms with E-state index >= 15 is 0 Å². The van der Waals surface area contributed by atoms with Gasteiger partial charge in [0.1, 0.15) is 5.65 Å². The highest BCUT2D eigenvalue weighted by Gasteiger charge is 2.34. The van der Waals surface area contributed by atoms with Gasteiger partial charge in [0.25, 0.3) is 0 Å². The van der Waals surface area contributed by atoms with Crippen LogP contribution in [0.25, 0.3) is 22.2 Å². The summed E-state index contributed by atoms with van der Waals surface area (Å²) >= 11 is 12.7. The Balaban J connectivity index is 1.54. The van der Waals surface area contributed by atoms with Crippen molar-refractivity contribution in [2.24, 2.45) is 7.05 Å². The van der Waals surface area contributed by atoms with Crippen LogP contribution < -0.4 is 10.7 Å². The van der Waals surface area contributed by atoms with Crippen LogP contribution in [0.4, 0.5) is 11.6 Å². The van der Waals surface area contributed by atoms with Crippen molar-refractivity contribution in [2.45, 2.75) is 25.9 Å². The molecule has 1 aliphatic heterocycles. The first-order valence-corrected chi connectivity index (χ1v) is 11.3. The van der Waals surface area contributed by atoms with E-state index in [1.165, 1.54) is 11.1 Å². The Bertz CT molecular complexity index is 1460. The van der Waals surface area contributed by atoms with E-state index in [0.29, 0.717) is 38.2 Å². The maximum absolute atomic E-state index is 13.2. The van der Waals surface area contributed by atoms with Crippen LogP contribution in [-0.2, 0) is 19.1 Å². The highest BCUT2D eigenvalue weighted by Crippen LogP contribution is 2.39. The lowest BCUT2D eigenvalue weighted by molar-refractivity contribution is 0.178. The van der Waals surface area contributed by atoms with E-state index in [9.17, 15) is 4.79 Å². The molecule has 0 aliphatic carbocycles. The number of pyridine rings is 1. The fourth-order valence-electron chi connectivity index (χ4n) is 4.44. The minimum absolute atomic E-state index is 0.00778. The molecule has 0 saturated carbocycles. The van der Waals surface area contributed by atoms with Crippen LogP contribution in [0.2, 0.25) is 10.0 Å². The quantitative estimate of drug-likeness (QED) is 0.406. The molecule has 6 nitrogen and oxygen atoms in total. The van der Waals surface area contributed by atoms with Gasteiger partial charge in [0.2, 0.25) is 11.4 Å². The maximum atomic E-state index is 13.2. The third-order valence-corrected chi connectivity index (χ3v) is 7.16. The summed E-state index contributed by atoms with van der Waals surface area (Å²) in [5.41, 5.74) is 4.74. The number of hydrogen-bond acceptors (Lipinski definition) is 5. The van der Waals surface area contributed by atoms with Crippen LogP contribution in [0.15, 0.2) is 53.6 Å². The molecule has 4 aromatic rings. The van der Waals surface area contributed by atoms with Gasteiger partial charge in [-0.1, -0.05) is 35.3 Å². The molecule has 0 atom stereocenters. The smallest absolute Gasteiger partial charge is 0.229 e. The van der Waals surface area contributed by atoms with E-state index in [0.717, 1.165) is 12.2 Å². The molecule has 2 aromatic carbocycles. The van der Waals surface area contributed by atoms with Crippen LogP contribution in [0.5, 0.6) is 0 Å². The van der Waals surface area contributed by atoms with Gasteiger partial charge in [-0.25, -0.2) is 4.98 Å². The third kappa shape index (κ3) is 3.59. The van der Waals surface area contributed by atoms with Gasteiger partial charge in [0.15, 0.2) is 0 Å². The van der Waals surface area contributed by atoms with Crippen molar-refractivity contribution in [3.05, 3.63) is 80.2 Å². The van der Waals surface area contributed by atoms with Gasteiger partial charge in [-0.3, -0.25) is 9.69 Å². The number of anilines is 2. The van der Waals surface area contributed by atoms with Gasteiger partial charge >= 0.3 is 0 Å². The van der Waals surface area contributed by atoms with Gasteiger partial charge in [0.05, 0.1) is 15.4 Å². The zero-order valence-corrected chi connectivity index (χ0v) is 20.3. The van der Waals surface area contributed by atoms with E-state index in [4.69, 9.17) is 23.2 Å². The lowest BCUT2D eigenvalue weighted by atomic mass is 9.94. The Morgan fingerprint density at radius 3 is 2.55 bits per heavy atom. The fourth-order valence-corrected chi connectivity index (χ4v) is 5.04. The second-order valence-corrected chi connectivity index (χ2v) is 9.74. The molecule has 2 aromatic heterocycles. The number of aromatic nitrogens is 3. The summed E-state index contributed by atoms with van der Waals surface area (Å²) < 4.78 is 1.79. The van der Waals surface area contributed by atoms with Crippen LogP contribution in [0.3, 0.4) is 0 Å². The number of nitrogens with zero attached hydrogens (tertiary/aromatic N) is 4. The topological polar surface area (TPSA) is 63.1 Å². The fraction of sp³-hybridized carbons (Fsp3) is 0.240. The lowest BCUT2D eigenvalue weighted by Gasteiger charge is -2.28. The first kappa shape index (κ1) is 21.9. The zero-order valence-electron chi connectivity index (χ0n) is 18.8. The van der Waals surface area contributed by atoms with Gasteiger partial charge < -0.3 is 9.88 Å². The van der Waals surface area contributed by atoms with Crippen LogP contribution in [0.1, 0.15) is 25.0 Å². The van der Waals surface area contributed by atoms with Crippen molar-refractivity contribution >= 4 is 45.9 Å². The Kier molecular flexibility index (Phi) is 5.20. The first-order chi connectivity index (χ1) is 15.7. The highest BCUT2D eigenvalue weighted by atomic mass is 35.5. The molecule has 0 fully saturated rings. The highest BCUT2D eigenvalue weighted by molar-refractivity contribution is 6.39. The predicted octanol–water partition coefficient (Wildman–Crippen LogP) is 5.73. The molecule has 0 amide bonds. The molecule has 1 aliphatic rings. The number of rotatable bonds is 3. The number of halogens is 2. The molecule has 0 bridgehead atoms. The van der Waals surface area contributed by atoms with E-state index < -0.39 is 0 Å². The largest absolute Gasteiger partial charge is 0.335 e. The number of nitrogens with one attached hydrogen (secondary N) is 1. The molecule has 8 heteroatoms. The Labute approximate surface area is 201 Å². The normalized spacial score (nSPS) is 15.1. The summed E-state index contributed by atoms with van der Waals surface area (Å²) in [6.07, 6.45) is 3.26. The second-order valence-electron chi connectivity index (χ2n) is 8.92. The summed E-state index contributed by atoms with van der Waals surface area (Å²) in [5, 5.41) is 4.52. The number of fused-ring (bicyclic) bond motifs is 2. The monoisotopic (exact) mass is 479 g/mol. The average molecular weight is 480 g/mol. The second kappa shape index (κ2) is 7.83. The van der Waals surface area contributed by atoms with Crippen molar-refractivity contribution in [3.63, 3.8) is 0 Å². The summed E-state index contributed by atoms with van der Waals surface area (Å²) in [5.74, 6) is 0.423. The van der Waals surface area contributed by atoms with E-state index in [1.54, 1.807) is 35.2 Å². The van der Waals surface area contributed by atoms with Crippen molar-refractivity contribution in [1.82, 2.24) is 19.4 Å². The summed E-state index contributed by atoms with van der Waals surface area (Å²) in [4.78, 5) is 24.6. The molecule has 168 valence electrons. The molecule has 0 radical (unpaired) electrons. The number of hydrogen-bond donors (Lipinski definition) is 1. The SMILES string of the molecule is CN1Cc2cc(Nc3ncc4c(=O)c(-c5c(Cl)cccc5Cl)cn(C)c4n3)ccc2C1(C)C. The number of benzene rings is 2. The number of aryl methyl sites for hydroxylation is 1. The molecule has 0 saturated heterocycles. The van der Waals surface area contributed by atoms with Crippen molar-refractivity contribution in [2.75, 3.05) is 12.4 Å². The minimum Gasteiger partial charge on any atom is -0.335 e. The molecular formula is C25H23Cl2N5O. The van der Waals surface area contributed by atoms with Gasteiger partial charge in [-0.2, -0.15) is 4.98 Å². The van der Waals surface area contributed by atoms with E-state index in [2.05, 4.69) is 53.2 Å². The van der Waals surface area contributed by atoms with Crippen LogP contribution in [0, 0.1) is 0 Å². The first-order valence-electron chi connectivity index (χ1n) is 10.6. The van der Waals surface area contributed by atoms with Crippen LogP contribution in [-0.4, -0.2) is 26.5 Å². The Morgan fingerprint density at radius 1 is 1.09 bits per heavy atom. The zero-order chi connectivity index (χ0) is 23.5.